The summed E-state index contributed by atoms with van der Waals surface area (Å²) in [5.41, 5.74) is 5.45. The molecule has 0 aliphatic heterocycles. The van der Waals surface area contributed by atoms with Gasteiger partial charge < -0.3 is 36.8 Å². The van der Waals surface area contributed by atoms with Gasteiger partial charge in [-0.1, -0.05) is 79.8 Å². The number of rotatable bonds is 25. The van der Waals surface area contributed by atoms with Crippen molar-refractivity contribution in [2.24, 2.45) is 5.73 Å². The summed E-state index contributed by atoms with van der Waals surface area (Å²) in [6.07, 6.45) is 24.6. The molecule has 8 N–H and O–H groups in total. The fourth-order valence-corrected chi connectivity index (χ4v) is 4.60. The topological polar surface area (TPSA) is 216 Å². The number of nitrogens with two attached hydrogens (primary N) is 1. The maximum absolute atomic E-state index is 12.7. The monoisotopic (exact) mass is 649 g/mol. The maximum atomic E-state index is 12.7. The molecule has 0 rings (SSSR count). The predicted octanol–water partition coefficient (Wildman–Crippen LogP) is 3.11. The van der Waals surface area contributed by atoms with Crippen molar-refractivity contribution in [3.05, 3.63) is 72.9 Å². The summed E-state index contributed by atoms with van der Waals surface area (Å²) in [6.45, 7) is 1.32. The lowest BCUT2D eigenvalue weighted by molar-refractivity contribution is -0.139. The molecule has 0 heterocycles. The average Bonchev–Trinajstić information content (AvgIpc) is 2.99. The SMILES string of the molecule is CC/C=C\C[C@@H](O)[C@H](C=CC=CC=CC/C=C\C/C=C\CCC(=O)O)SC[C@H](NC(=O)CC[C@H](N)C(=O)O)C(=O)NCC(=O)O. The van der Waals surface area contributed by atoms with Gasteiger partial charge in [-0.05, 0) is 38.5 Å². The molecule has 45 heavy (non-hydrogen) atoms. The third-order valence-electron chi connectivity index (χ3n) is 5.85. The van der Waals surface area contributed by atoms with E-state index in [0.717, 1.165) is 19.3 Å². The number of aliphatic hydroxyl groups excluding tert-OH is 1. The quantitative estimate of drug-likeness (QED) is 0.0563. The third kappa shape index (κ3) is 24.1. The highest BCUT2D eigenvalue weighted by atomic mass is 32.2. The van der Waals surface area contributed by atoms with E-state index in [1.54, 1.807) is 18.2 Å². The van der Waals surface area contributed by atoms with Crippen LogP contribution in [-0.2, 0) is 24.0 Å². The second kappa shape index (κ2) is 26.5. The molecule has 13 heteroatoms. The Kier molecular flexibility index (Phi) is 24.1. The summed E-state index contributed by atoms with van der Waals surface area (Å²) in [5.74, 6) is -4.66. The Morgan fingerprint density at radius 2 is 1.49 bits per heavy atom. The second-order valence-corrected chi connectivity index (χ2v) is 11.0. The van der Waals surface area contributed by atoms with Crippen LogP contribution in [0.3, 0.4) is 0 Å². The van der Waals surface area contributed by atoms with E-state index in [0.29, 0.717) is 12.8 Å². The minimum absolute atomic E-state index is 0.0104. The largest absolute Gasteiger partial charge is 0.481 e. The number of hydrogen-bond donors (Lipinski definition) is 7. The van der Waals surface area contributed by atoms with Crippen LogP contribution < -0.4 is 16.4 Å². The molecule has 2 amide bonds. The predicted molar refractivity (Wildman–Crippen MR) is 176 cm³/mol. The Balaban J connectivity index is 5.27. The van der Waals surface area contributed by atoms with Crippen molar-refractivity contribution in [3.63, 3.8) is 0 Å². The number of allylic oxidation sites excluding steroid dienone is 10. The van der Waals surface area contributed by atoms with E-state index in [4.69, 9.17) is 21.1 Å². The number of nitrogens with one attached hydrogen (secondary N) is 2. The number of amides is 2. The van der Waals surface area contributed by atoms with Crippen LogP contribution in [0.1, 0.15) is 58.3 Å². The number of carboxylic acids is 3. The van der Waals surface area contributed by atoms with Crippen molar-refractivity contribution in [2.75, 3.05) is 12.3 Å². The summed E-state index contributed by atoms with van der Waals surface area (Å²) in [4.78, 5) is 57.4. The zero-order valence-corrected chi connectivity index (χ0v) is 26.4. The zero-order valence-electron chi connectivity index (χ0n) is 25.6. The first-order valence-electron chi connectivity index (χ1n) is 14.7. The van der Waals surface area contributed by atoms with Crippen LogP contribution in [0.25, 0.3) is 0 Å². The molecule has 0 aromatic heterocycles. The average molecular weight is 650 g/mol. The Bertz CT molecular complexity index is 1100. The van der Waals surface area contributed by atoms with Crippen LogP contribution in [0.2, 0.25) is 0 Å². The minimum atomic E-state index is -1.26. The molecule has 250 valence electrons. The van der Waals surface area contributed by atoms with Gasteiger partial charge in [0, 0.05) is 23.8 Å². The molecule has 0 saturated carbocycles. The number of hydrogen-bond acceptors (Lipinski definition) is 8. The van der Waals surface area contributed by atoms with Crippen LogP contribution in [0.5, 0.6) is 0 Å². The zero-order chi connectivity index (χ0) is 33.9. The van der Waals surface area contributed by atoms with Gasteiger partial charge in [-0.25, -0.2) is 0 Å². The molecule has 4 atom stereocenters. The Morgan fingerprint density at radius 1 is 0.822 bits per heavy atom. The van der Waals surface area contributed by atoms with Gasteiger partial charge in [0.1, 0.15) is 18.6 Å². The van der Waals surface area contributed by atoms with E-state index < -0.39 is 59.7 Å². The molecule has 0 spiro atoms. The standard InChI is InChI=1S/C32H47N3O9S/c1-2-3-14-17-26(36)27(18-15-12-10-8-6-4-5-7-9-11-13-16-19-29(38)39)45-23-25(31(42)34-22-30(40)41)35-28(37)21-20-24(33)32(43)44/h3,5-8,10-15,18,24-27,36H,2,4,9,16-17,19-23,33H2,1H3,(H,34,42)(H,35,37)(H,38,39)(H,40,41)(H,43,44)/b7-5-,8-6?,12-10?,13-11-,14-3-,18-15?/t24-,25-,26+,27-/m0/s1. The van der Waals surface area contributed by atoms with Crippen molar-refractivity contribution in [1.82, 2.24) is 10.6 Å². The smallest absolute Gasteiger partial charge is 0.322 e. The summed E-state index contributed by atoms with van der Waals surface area (Å²) < 4.78 is 0. The van der Waals surface area contributed by atoms with Crippen LogP contribution in [0, 0.1) is 0 Å². The van der Waals surface area contributed by atoms with Crippen LogP contribution in [0.4, 0.5) is 0 Å². The van der Waals surface area contributed by atoms with E-state index in [2.05, 4.69) is 10.6 Å². The first-order valence-corrected chi connectivity index (χ1v) is 15.8. The number of carbonyl (C=O) groups is 5. The van der Waals surface area contributed by atoms with Crippen molar-refractivity contribution >= 4 is 41.5 Å². The molecule has 0 aromatic carbocycles. The van der Waals surface area contributed by atoms with Gasteiger partial charge in [0.05, 0.1) is 6.10 Å². The number of aliphatic hydroxyl groups is 1. The minimum Gasteiger partial charge on any atom is -0.481 e. The van der Waals surface area contributed by atoms with Gasteiger partial charge in [-0.15, -0.1) is 11.8 Å². The fraction of sp³-hybridized carbons (Fsp3) is 0.469. The lowest BCUT2D eigenvalue weighted by Crippen LogP contribution is -2.50. The molecule has 0 fully saturated rings. The fourth-order valence-electron chi connectivity index (χ4n) is 3.41. The Morgan fingerprint density at radius 3 is 2.13 bits per heavy atom. The van der Waals surface area contributed by atoms with Crippen molar-refractivity contribution in [3.8, 4) is 0 Å². The van der Waals surface area contributed by atoms with Gasteiger partial charge in [-0.3, -0.25) is 24.0 Å². The van der Waals surface area contributed by atoms with Crippen LogP contribution in [0.15, 0.2) is 72.9 Å². The Labute approximate surface area is 268 Å². The molecule has 0 aromatic rings. The van der Waals surface area contributed by atoms with Gasteiger partial charge in [0.2, 0.25) is 11.8 Å². The van der Waals surface area contributed by atoms with Crippen LogP contribution in [-0.4, -0.2) is 85.9 Å². The third-order valence-corrected chi connectivity index (χ3v) is 7.23. The lowest BCUT2D eigenvalue weighted by atomic mass is 10.1. The van der Waals surface area contributed by atoms with Crippen molar-refractivity contribution < 1.29 is 44.4 Å². The van der Waals surface area contributed by atoms with E-state index in [9.17, 15) is 29.1 Å². The Hall–Kier alpha value is -3.94. The highest BCUT2D eigenvalue weighted by molar-refractivity contribution is 8.00. The normalized spacial score (nSPS) is 14.9. The summed E-state index contributed by atoms with van der Waals surface area (Å²) >= 11 is 1.21. The molecule has 0 unspecified atom stereocenters. The first-order chi connectivity index (χ1) is 21.5. The highest BCUT2D eigenvalue weighted by Crippen LogP contribution is 2.21. The highest BCUT2D eigenvalue weighted by Gasteiger charge is 2.25. The molecule has 12 nitrogen and oxygen atoms in total. The molecule has 0 radical (unpaired) electrons. The number of thioether (sulfide) groups is 1. The lowest BCUT2D eigenvalue weighted by Gasteiger charge is -2.23. The van der Waals surface area contributed by atoms with E-state index in [1.807, 2.05) is 61.6 Å². The maximum Gasteiger partial charge on any atom is 0.322 e. The van der Waals surface area contributed by atoms with Crippen molar-refractivity contribution in [2.45, 2.75) is 81.7 Å². The second-order valence-electron chi connectivity index (χ2n) is 9.74. The van der Waals surface area contributed by atoms with Gasteiger partial charge in [-0.2, -0.15) is 0 Å². The molecular formula is C32H47N3O9S. The summed E-state index contributed by atoms with van der Waals surface area (Å²) in [6, 6.07) is -2.38. The molecule has 0 bridgehead atoms. The van der Waals surface area contributed by atoms with E-state index in [1.165, 1.54) is 11.8 Å². The number of carbonyl (C=O) groups excluding carboxylic acids is 2. The summed E-state index contributed by atoms with van der Waals surface area (Å²) in [5, 5.41) is 41.6. The summed E-state index contributed by atoms with van der Waals surface area (Å²) in [7, 11) is 0. The van der Waals surface area contributed by atoms with Crippen LogP contribution >= 0.6 is 11.8 Å². The molecule has 0 aliphatic rings. The molecule has 0 saturated heterocycles. The van der Waals surface area contributed by atoms with Crippen molar-refractivity contribution in [1.29, 1.82) is 0 Å². The van der Waals surface area contributed by atoms with Gasteiger partial charge in [0.15, 0.2) is 0 Å². The first kappa shape index (κ1) is 41.1. The number of aliphatic carboxylic acids is 3. The van der Waals surface area contributed by atoms with Gasteiger partial charge >= 0.3 is 17.9 Å². The van der Waals surface area contributed by atoms with E-state index >= 15 is 0 Å². The molecular weight excluding hydrogens is 602 g/mol. The number of carboxylic acid groups (broad SMARTS) is 3. The van der Waals surface area contributed by atoms with Gasteiger partial charge in [0.25, 0.3) is 0 Å². The molecule has 0 aliphatic carbocycles. The van der Waals surface area contributed by atoms with E-state index in [-0.39, 0.29) is 25.0 Å².